The van der Waals surface area contributed by atoms with Gasteiger partial charge in [-0.05, 0) is 13.0 Å². The van der Waals surface area contributed by atoms with E-state index >= 15 is 0 Å². The minimum absolute atomic E-state index is 0.0261. The fourth-order valence-corrected chi connectivity index (χ4v) is 5.21. The van der Waals surface area contributed by atoms with Crippen molar-refractivity contribution in [3.05, 3.63) is 79.5 Å². The number of nitro benzene ring substituents is 2. The van der Waals surface area contributed by atoms with Crippen molar-refractivity contribution < 1.29 is 14.6 Å². The van der Waals surface area contributed by atoms with Crippen molar-refractivity contribution in [1.82, 2.24) is 14.4 Å². The third kappa shape index (κ3) is 3.68. The molecule has 0 aliphatic rings. The van der Waals surface area contributed by atoms with E-state index in [1.807, 2.05) is 0 Å². The zero-order chi connectivity index (χ0) is 23.3. The second-order valence-corrected chi connectivity index (χ2v) is 8.99. The summed E-state index contributed by atoms with van der Waals surface area (Å²) in [5, 5.41) is 25.1. The first-order valence-electron chi connectivity index (χ1n) is 9.40. The van der Waals surface area contributed by atoms with Crippen LogP contribution in [0, 0.1) is 27.2 Å². The van der Waals surface area contributed by atoms with E-state index in [1.165, 1.54) is 35.6 Å². The van der Waals surface area contributed by atoms with Crippen LogP contribution in [0.25, 0.3) is 26.4 Å². The highest BCUT2D eigenvalue weighted by molar-refractivity contribution is 7.22. The molecule has 0 saturated heterocycles. The minimum atomic E-state index is -0.482. The van der Waals surface area contributed by atoms with Crippen molar-refractivity contribution in [3.63, 3.8) is 0 Å². The average molecular weight is 480 g/mol. The topological polar surface area (TPSA) is 146 Å². The van der Waals surface area contributed by atoms with Crippen LogP contribution < -0.4 is 5.32 Å². The summed E-state index contributed by atoms with van der Waals surface area (Å²) in [5.41, 5.74) is 2.32. The van der Waals surface area contributed by atoms with Gasteiger partial charge in [-0.25, -0.2) is 9.97 Å². The van der Waals surface area contributed by atoms with Gasteiger partial charge in [0.1, 0.15) is 4.88 Å². The number of amides is 1. The van der Waals surface area contributed by atoms with Gasteiger partial charge in [-0.3, -0.25) is 34.7 Å². The van der Waals surface area contributed by atoms with Gasteiger partial charge in [0.25, 0.3) is 17.3 Å². The number of rotatable bonds is 5. The number of carbonyl (C=O) groups is 1. The molecular formula is C20H12N6O5S2. The third-order valence-electron chi connectivity index (χ3n) is 4.92. The van der Waals surface area contributed by atoms with Gasteiger partial charge in [-0.1, -0.05) is 34.8 Å². The zero-order valence-corrected chi connectivity index (χ0v) is 18.3. The van der Waals surface area contributed by atoms with Gasteiger partial charge in [0.15, 0.2) is 10.1 Å². The van der Waals surface area contributed by atoms with Crippen LogP contribution in [0.15, 0.2) is 48.7 Å². The maximum absolute atomic E-state index is 12.9. The number of hydrogen-bond acceptors (Lipinski definition) is 9. The van der Waals surface area contributed by atoms with Crippen LogP contribution in [0.1, 0.15) is 15.4 Å². The maximum Gasteiger partial charge on any atom is 0.270 e. The van der Waals surface area contributed by atoms with E-state index in [1.54, 1.807) is 35.7 Å². The van der Waals surface area contributed by atoms with Crippen LogP contribution in [0.2, 0.25) is 0 Å². The van der Waals surface area contributed by atoms with Gasteiger partial charge in [-0.15, -0.1) is 0 Å². The lowest BCUT2D eigenvalue weighted by Crippen LogP contribution is -2.11. The van der Waals surface area contributed by atoms with E-state index in [0.29, 0.717) is 42.1 Å². The number of nitro groups is 2. The molecule has 5 aromatic rings. The van der Waals surface area contributed by atoms with Crippen molar-refractivity contribution in [2.75, 3.05) is 5.32 Å². The normalized spacial score (nSPS) is 11.2. The molecule has 0 aliphatic carbocycles. The zero-order valence-electron chi connectivity index (χ0n) is 16.7. The predicted molar refractivity (Wildman–Crippen MR) is 124 cm³/mol. The fourth-order valence-electron chi connectivity index (χ4n) is 3.31. The van der Waals surface area contributed by atoms with Crippen LogP contribution in [0.4, 0.5) is 16.5 Å². The van der Waals surface area contributed by atoms with Crippen LogP contribution in [-0.2, 0) is 0 Å². The Labute approximate surface area is 192 Å². The largest absolute Gasteiger partial charge is 0.297 e. The number of thiazole rings is 2. The fraction of sp³-hybridized carbons (Fsp3) is 0.0500. The second kappa shape index (κ2) is 7.72. The number of aryl methyl sites for hydroxylation is 1. The third-order valence-corrected chi connectivity index (χ3v) is 7.01. The van der Waals surface area contributed by atoms with E-state index in [4.69, 9.17) is 0 Å². The van der Waals surface area contributed by atoms with Crippen molar-refractivity contribution in [1.29, 1.82) is 0 Å². The number of benzene rings is 2. The summed E-state index contributed by atoms with van der Waals surface area (Å²) in [6, 6.07) is 10.5. The average Bonchev–Trinajstić information content (AvgIpc) is 3.47. The molecule has 0 unspecified atom stereocenters. The number of imidazole rings is 1. The number of non-ortho nitro benzene ring substituents is 2. The molecule has 13 heteroatoms. The molecular weight excluding hydrogens is 468 g/mol. The quantitative estimate of drug-likeness (QED) is 0.273. The first kappa shape index (κ1) is 20.7. The number of nitrogens with one attached hydrogen (secondary N) is 1. The second-order valence-electron chi connectivity index (χ2n) is 6.99. The van der Waals surface area contributed by atoms with Crippen LogP contribution in [0.3, 0.4) is 0 Å². The molecule has 164 valence electrons. The SMILES string of the molecule is Cc1c(C(=O)Nc2nc3ccc([N+](=O)[O-])cc3s2)sc2nc(-c3cccc([N+](=O)[O-])c3)cn12. The van der Waals surface area contributed by atoms with E-state index < -0.39 is 9.85 Å². The predicted octanol–water partition coefficient (Wildman–Crippen LogP) is 5.05. The van der Waals surface area contributed by atoms with Gasteiger partial charge in [0.2, 0.25) is 0 Å². The van der Waals surface area contributed by atoms with Gasteiger partial charge in [0.05, 0.1) is 25.8 Å². The van der Waals surface area contributed by atoms with E-state index in [-0.39, 0.29) is 17.3 Å². The number of fused-ring (bicyclic) bond motifs is 2. The highest BCUT2D eigenvalue weighted by Crippen LogP contribution is 2.32. The molecule has 0 saturated carbocycles. The number of hydrogen-bond donors (Lipinski definition) is 1. The summed E-state index contributed by atoms with van der Waals surface area (Å²) in [5.74, 6) is -0.367. The van der Waals surface area contributed by atoms with Crippen molar-refractivity contribution in [2.45, 2.75) is 6.92 Å². The standard InChI is InChI=1S/C20H12N6O5S2/c1-10-17(18(27)23-19-21-14-6-5-13(26(30)31)8-16(14)32-19)33-20-22-15(9-24(10)20)11-3-2-4-12(7-11)25(28)29/h2-9H,1H3,(H,21,23,27). The van der Waals surface area contributed by atoms with Crippen LogP contribution in [-0.4, -0.2) is 30.1 Å². The number of aromatic nitrogens is 3. The highest BCUT2D eigenvalue weighted by Gasteiger charge is 2.20. The monoisotopic (exact) mass is 480 g/mol. The Balaban J connectivity index is 1.42. The molecule has 1 amide bonds. The molecule has 0 fully saturated rings. The lowest BCUT2D eigenvalue weighted by atomic mass is 10.1. The Bertz CT molecular complexity index is 1600. The Kier molecular flexibility index (Phi) is 4.83. The van der Waals surface area contributed by atoms with Gasteiger partial charge >= 0.3 is 0 Å². The van der Waals surface area contributed by atoms with Crippen LogP contribution in [0.5, 0.6) is 0 Å². The summed E-state index contributed by atoms with van der Waals surface area (Å²) < 4.78 is 2.36. The Morgan fingerprint density at radius 3 is 2.52 bits per heavy atom. The number of anilines is 1. The first-order chi connectivity index (χ1) is 15.8. The number of nitrogens with zero attached hydrogens (tertiary/aromatic N) is 5. The molecule has 33 heavy (non-hydrogen) atoms. The minimum Gasteiger partial charge on any atom is -0.297 e. The summed E-state index contributed by atoms with van der Waals surface area (Å²) >= 11 is 2.33. The maximum atomic E-state index is 12.9. The van der Waals surface area contributed by atoms with E-state index in [2.05, 4.69) is 15.3 Å². The van der Waals surface area contributed by atoms with Crippen molar-refractivity contribution in [3.8, 4) is 11.3 Å². The van der Waals surface area contributed by atoms with Gasteiger partial charge in [-0.2, -0.15) is 0 Å². The molecule has 3 aromatic heterocycles. The summed E-state index contributed by atoms with van der Waals surface area (Å²) in [7, 11) is 0. The molecule has 0 aliphatic heterocycles. The Morgan fingerprint density at radius 2 is 1.79 bits per heavy atom. The van der Waals surface area contributed by atoms with Gasteiger partial charge in [0, 0.05) is 41.7 Å². The van der Waals surface area contributed by atoms with Gasteiger partial charge < -0.3 is 0 Å². The van der Waals surface area contributed by atoms with Crippen molar-refractivity contribution in [2.24, 2.45) is 0 Å². The highest BCUT2D eigenvalue weighted by atomic mass is 32.1. The lowest BCUT2D eigenvalue weighted by molar-refractivity contribution is -0.384. The lowest BCUT2D eigenvalue weighted by Gasteiger charge is -2.00. The Morgan fingerprint density at radius 1 is 1.03 bits per heavy atom. The molecule has 0 atom stereocenters. The number of carbonyl (C=O) groups excluding carboxylic acids is 1. The molecule has 3 heterocycles. The smallest absolute Gasteiger partial charge is 0.270 e. The van der Waals surface area contributed by atoms with E-state index in [9.17, 15) is 25.0 Å². The molecule has 5 rings (SSSR count). The first-order valence-corrected chi connectivity index (χ1v) is 11.0. The molecule has 11 nitrogen and oxygen atoms in total. The molecule has 0 radical (unpaired) electrons. The molecule has 2 aromatic carbocycles. The summed E-state index contributed by atoms with van der Waals surface area (Å²) in [6.07, 6.45) is 1.73. The molecule has 1 N–H and O–H groups in total. The summed E-state index contributed by atoms with van der Waals surface area (Å²) in [4.78, 5) is 43.8. The molecule has 0 bridgehead atoms. The molecule has 0 spiro atoms. The van der Waals surface area contributed by atoms with E-state index in [0.717, 1.165) is 11.3 Å². The Hall–Kier alpha value is -4.23. The summed E-state index contributed by atoms with van der Waals surface area (Å²) in [6.45, 7) is 1.78. The van der Waals surface area contributed by atoms with Crippen LogP contribution >= 0.6 is 22.7 Å². The van der Waals surface area contributed by atoms with Crippen molar-refractivity contribution >= 4 is 60.3 Å².